The van der Waals surface area contributed by atoms with E-state index in [4.69, 9.17) is 5.11 Å². The van der Waals surface area contributed by atoms with Gasteiger partial charge in [0.1, 0.15) is 0 Å². The van der Waals surface area contributed by atoms with E-state index in [1.54, 1.807) is 0 Å². The van der Waals surface area contributed by atoms with Crippen molar-refractivity contribution < 1.29 is 5.11 Å². The summed E-state index contributed by atoms with van der Waals surface area (Å²) < 4.78 is 0. The van der Waals surface area contributed by atoms with Crippen molar-refractivity contribution in [3.8, 4) is 0 Å². The maximum atomic E-state index is 8.97. The van der Waals surface area contributed by atoms with Crippen LogP contribution < -0.4 is 0 Å². The summed E-state index contributed by atoms with van der Waals surface area (Å²) in [6.45, 7) is 8.45. The van der Waals surface area contributed by atoms with Gasteiger partial charge in [-0.1, -0.05) is 19.9 Å². The summed E-state index contributed by atoms with van der Waals surface area (Å²) in [7, 11) is 0. The van der Waals surface area contributed by atoms with E-state index in [1.807, 2.05) is 0 Å². The Labute approximate surface area is 74.9 Å². The van der Waals surface area contributed by atoms with Crippen molar-refractivity contribution in [2.75, 3.05) is 19.7 Å². The first kappa shape index (κ1) is 9.75. The molecule has 1 fully saturated rings. The molecule has 0 aromatic heterocycles. The molecule has 0 radical (unpaired) electrons. The van der Waals surface area contributed by atoms with Gasteiger partial charge < -0.3 is 5.11 Å². The van der Waals surface area contributed by atoms with Crippen LogP contribution in [0.15, 0.2) is 12.2 Å². The molecule has 0 amide bonds. The van der Waals surface area contributed by atoms with Gasteiger partial charge in [0.15, 0.2) is 0 Å². The molecule has 0 aromatic rings. The molecule has 0 saturated carbocycles. The zero-order valence-electron chi connectivity index (χ0n) is 7.92. The molecular weight excluding hydrogens is 150 g/mol. The van der Waals surface area contributed by atoms with Gasteiger partial charge in [-0.3, -0.25) is 4.90 Å². The molecule has 1 heterocycles. The highest BCUT2D eigenvalue weighted by molar-refractivity contribution is 5.07. The first-order valence-corrected chi connectivity index (χ1v) is 4.82. The lowest BCUT2D eigenvalue weighted by molar-refractivity contribution is 0.167. The summed E-state index contributed by atoms with van der Waals surface area (Å²) in [4.78, 5) is 2.40. The van der Waals surface area contributed by atoms with Crippen molar-refractivity contribution in [2.24, 2.45) is 0 Å². The molecule has 1 rings (SSSR count). The van der Waals surface area contributed by atoms with Gasteiger partial charge in [-0.15, -0.1) is 0 Å². The Bertz CT molecular complexity index is 156. The van der Waals surface area contributed by atoms with Crippen molar-refractivity contribution in [1.82, 2.24) is 4.90 Å². The number of likely N-dealkylation sites (N-methyl/N-ethyl adjacent to an activating group) is 1. The van der Waals surface area contributed by atoms with E-state index in [2.05, 4.69) is 18.4 Å². The fraction of sp³-hybridized carbons (Fsp3) is 0.800. The molecule has 0 spiro atoms. The van der Waals surface area contributed by atoms with Crippen LogP contribution in [0.2, 0.25) is 0 Å². The Balaban J connectivity index is 2.52. The second-order valence-electron chi connectivity index (χ2n) is 3.46. The fourth-order valence-corrected chi connectivity index (χ4v) is 1.94. The van der Waals surface area contributed by atoms with E-state index in [1.165, 1.54) is 25.8 Å². The first-order chi connectivity index (χ1) is 5.79. The third-order valence-corrected chi connectivity index (χ3v) is 2.69. The molecule has 0 aromatic carbocycles. The highest BCUT2D eigenvalue weighted by atomic mass is 16.3. The normalized spacial score (nSPS) is 25.7. The van der Waals surface area contributed by atoms with Crippen LogP contribution in [0.5, 0.6) is 0 Å². The van der Waals surface area contributed by atoms with Crippen molar-refractivity contribution >= 4 is 0 Å². The van der Waals surface area contributed by atoms with Gasteiger partial charge in [0.2, 0.25) is 0 Å². The minimum atomic E-state index is 0.140. The molecule has 12 heavy (non-hydrogen) atoms. The average Bonchev–Trinajstić information content (AvgIpc) is 2.16. The van der Waals surface area contributed by atoms with E-state index in [9.17, 15) is 0 Å². The minimum Gasteiger partial charge on any atom is -0.392 e. The average molecular weight is 169 g/mol. The third kappa shape index (κ3) is 2.08. The molecule has 2 heteroatoms. The second-order valence-corrected chi connectivity index (χ2v) is 3.46. The number of hydrogen-bond acceptors (Lipinski definition) is 2. The Morgan fingerprint density at radius 1 is 1.58 bits per heavy atom. The molecule has 1 N–H and O–H groups in total. The van der Waals surface area contributed by atoms with Crippen LogP contribution >= 0.6 is 0 Å². The molecule has 1 aliphatic heterocycles. The van der Waals surface area contributed by atoms with E-state index in [-0.39, 0.29) is 6.61 Å². The van der Waals surface area contributed by atoms with Gasteiger partial charge in [-0.2, -0.15) is 0 Å². The monoisotopic (exact) mass is 169 g/mol. The van der Waals surface area contributed by atoms with Crippen LogP contribution in [0.25, 0.3) is 0 Å². The Morgan fingerprint density at radius 2 is 2.33 bits per heavy atom. The van der Waals surface area contributed by atoms with Crippen LogP contribution in [0, 0.1) is 0 Å². The number of hydrogen-bond donors (Lipinski definition) is 1. The Hall–Kier alpha value is -0.340. The molecule has 1 aliphatic rings. The quantitative estimate of drug-likeness (QED) is 0.646. The number of aliphatic hydroxyl groups is 1. The van der Waals surface area contributed by atoms with Gasteiger partial charge in [0, 0.05) is 6.04 Å². The summed E-state index contributed by atoms with van der Waals surface area (Å²) in [5.74, 6) is 0. The molecule has 70 valence electrons. The van der Waals surface area contributed by atoms with E-state index in [0.717, 1.165) is 12.1 Å². The third-order valence-electron chi connectivity index (χ3n) is 2.69. The SMILES string of the molecule is C=C(CO)C1CCCCN1CC. The lowest BCUT2D eigenvalue weighted by Crippen LogP contribution is -2.40. The van der Waals surface area contributed by atoms with E-state index >= 15 is 0 Å². The number of rotatable bonds is 3. The highest BCUT2D eigenvalue weighted by Crippen LogP contribution is 2.21. The lowest BCUT2D eigenvalue weighted by atomic mass is 9.96. The second kappa shape index (κ2) is 4.63. The number of aliphatic hydroxyl groups excluding tert-OH is 1. The number of piperidine rings is 1. The van der Waals surface area contributed by atoms with Gasteiger partial charge in [0.05, 0.1) is 6.61 Å². The molecule has 0 bridgehead atoms. The minimum absolute atomic E-state index is 0.140. The predicted octanol–water partition coefficient (Wildman–Crippen LogP) is 1.41. The van der Waals surface area contributed by atoms with Gasteiger partial charge in [-0.05, 0) is 31.5 Å². The van der Waals surface area contributed by atoms with Crippen molar-refractivity contribution in [2.45, 2.75) is 32.2 Å². The van der Waals surface area contributed by atoms with Gasteiger partial charge in [-0.25, -0.2) is 0 Å². The van der Waals surface area contributed by atoms with Crippen LogP contribution in [0.1, 0.15) is 26.2 Å². The fourth-order valence-electron chi connectivity index (χ4n) is 1.94. The predicted molar refractivity (Wildman–Crippen MR) is 51.1 cm³/mol. The van der Waals surface area contributed by atoms with Crippen LogP contribution in [-0.4, -0.2) is 35.7 Å². The Morgan fingerprint density at radius 3 is 2.92 bits per heavy atom. The zero-order chi connectivity index (χ0) is 8.97. The van der Waals surface area contributed by atoms with Gasteiger partial charge in [0.25, 0.3) is 0 Å². The van der Waals surface area contributed by atoms with Crippen molar-refractivity contribution in [3.63, 3.8) is 0 Å². The summed E-state index contributed by atoms with van der Waals surface area (Å²) in [5, 5.41) is 8.97. The molecule has 0 aliphatic carbocycles. The smallest absolute Gasteiger partial charge is 0.0654 e. The maximum absolute atomic E-state index is 8.97. The highest BCUT2D eigenvalue weighted by Gasteiger charge is 2.22. The topological polar surface area (TPSA) is 23.5 Å². The van der Waals surface area contributed by atoms with Crippen LogP contribution in [0.3, 0.4) is 0 Å². The van der Waals surface area contributed by atoms with Crippen molar-refractivity contribution in [3.05, 3.63) is 12.2 Å². The molecule has 1 unspecified atom stereocenters. The zero-order valence-corrected chi connectivity index (χ0v) is 7.92. The number of nitrogens with zero attached hydrogens (tertiary/aromatic N) is 1. The van der Waals surface area contributed by atoms with Crippen LogP contribution in [-0.2, 0) is 0 Å². The van der Waals surface area contributed by atoms with Crippen LogP contribution in [0.4, 0.5) is 0 Å². The van der Waals surface area contributed by atoms with Crippen molar-refractivity contribution in [1.29, 1.82) is 0 Å². The summed E-state index contributed by atoms with van der Waals surface area (Å²) >= 11 is 0. The standard InChI is InChI=1S/C10H19NO/c1-3-11-7-5-4-6-10(11)9(2)8-12/h10,12H,2-8H2,1H3. The van der Waals surface area contributed by atoms with E-state index < -0.39 is 0 Å². The lowest BCUT2D eigenvalue weighted by Gasteiger charge is -2.35. The number of likely N-dealkylation sites (tertiary alicyclic amines) is 1. The Kier molecular flexibility index (Phi) is 3.76. The first-order valence-electron chi connectivity index (χ1n) is 4.82. The molecule has 2 nitrogen and oxygen atoms in total. The van der Waals surface area contributed by atoms with Gasteiger partial charge >= 0.3 is 0 Å². The molecular formula is C10H19NO. The molecule has 1 saturated heterocycles. The summed E-state index contributed by atoms with van der Waals surface area (Å²) in [5.41, 5.74) is 0.983. The largest absolute Gasteiger partial charge is 0.392 e. The molecule has 1 atom stereocenters. The van der Waals surface area contributed by atoms with E-state index in [0.29, 0.717) is 6.04 Å². The summed E-state index contributed by atoms with van der Waals surface area (Å²) in [6.07, 6.45) is 3.75. The summed E-state index contributed by atoms with van der Waals surface area (Å²) in [6, 6.07) is 0.439. The maximum Gasteiger partial charge on any atom is 0.0654 e.